The molecule has 0 radical (unpaired) electrons. The average molecular weight is 516 g/mol. The normalized spacial score (nSPS) is 15.4. The first-order chi connectivity index (χ1) is 18.1. The van der Waals surface area contributed by atoms with Gasteiger partial charge in [0.15, 0.2) is 5.82 Å². The van der Waals surface area contributed by atoms with Crippen LogP contribution in [0.15, 0.2) is 54.6 Å². The number of benzene rings is 2. The molecule has 0 bridgehead atoms. The van der Waals surface area contributed by atoms with Crippen molar-refractivity contribution >= 4 is 23.6 Å². The molecule has 0 aliphatic carbocycles. The van der Waals surface area contributed by atoms with Crippen molar-refractivity contribution in [2.45, 2.75) is 46.8 Å². The molecule has 3 amide bonds. The summed E-state index contributed by atoms with van der Waals surface area (Å²) in [4.78, 5) is 52.2. The Bertz CT molecular complexity index is 1340. The minimum Gasteiger partial charge on any atom is -0.459 e. The van der Waals surface area contributed by atoms with Crippen molar-refractivity contribution < 1.29 is 19.1 Å². The van der Waals surface area contributed by atoms with Crippen molar-refractivity contribution in [2.75, 3.05) is 25.0 Å². The van der Waals surface area contributed by atoms with Gasteiger partial charge >= 0.3 is 12.0 Å². The Morgan fingerprint density at radius 2 is 1.74 bits per heavy atom. The van der Waals surface area contributed by atoms with Crippen LogP contribution in [0.4, 0.5) is 10.5 Å². The highest BCUT2D eigenvalue weighted by molar-refractivity contribution is 6.05. The molecule has 198 valence electrons. The fraction of sp³-hybridized carbons (Fsp3) is 0.345. The third kappa shape index (κ3) is 5.99. The molecule has 2 heterocycles. The van der Waals surface area contributed by atoms with Gasteiger partial charge in [0.1, 0.15) is 11.3 Å². The van der Waals surface area contributed by atoms with Crippen LogP contribution in [-0.2, 0) is 4.74 Å². The zero-order valence-electron chi connectivity index (χ0n) is 22.4. The molecule has 1 aliphatic rings. The predicted molar refractivity (Wildman–Crippen MR) is 145 cm³/mol. The van der Waals surface area contributed by atoms with Crippen molar-refractivity contribution in [1.29, 1.82) is 0 Å². The Kier molecular flexibility index (Phi) is 8.05. The van der Waals surface area contributed by atoms with Crippen LogP contribution in [0.3, 0.4) is 0 Å². The van der Waals surface area contributed by atoms with E-state index in [1.807, 2.05) is 68.4 Å². The topological polar surface area (TPSA) is 105 Å². The highest BCUT2D eigenvalue weighted by atomic mass is 16.5. The molecule has 38 heavy (non-hydrogen) atoms. The number of ether oxygens (including phenoxy) is 1. The van der Waals surface area contributed by atoms with Crippen LogP contribution >= 0.6 is 0 Å². The highest BCUT2D eigenvalue weighted by Crippen LogP contribution is 2.23. The first kappa shape index (κ1) is 26.8. The van der Waals surface area contributed by atoms with Crippen molar-refractivity contribution in [3.05, 3.63) is 77.1 Å². The number of piperazine rings is 1. The Morgan fingerprint density at radius 1 is 1.00 bits per heavy atom. The molecule has 3 aromatic rings. The van der Waals surface area contributed by atoms with E-state index in [2.05, 4.69) is 15.3 Å². The fourth-order valence-corrected chi connectivity index (χ4v) is 4.47. The van der Waals surface area contributed by atoms with E-state index < -0.39 is 11.9 Å². The molecule has 1 saturated heterocycles. The van der Waals surface area contributed by atoms with E-state index >= 15 is 0 Å². The number of rotatable bonds is 5. The summed E-state index contributed by atoms with van der Waals surface area (Å²) >= 11 is 0. The largest absolute Gasteiger partial charge is 0.459 e. The third-order valence-electron chi connectivity index (χ3n) is 6.32. The lowest BCUT2D eigenvalue weighted by molar-refractivity contribution is 0.0367. The van der Waals surface area contributed by atoms with E-state index in [9.17, 15) is 14.4 Å². The minimum atomic E-state index is -0.635. The number of carbonyl (C=O) groups is 3. The van der Waals surface area contributed by atoms with Crippen molar-refractivity contribution in [2.24, 2.45) is 0 Å². The molecular formula is C29H33N5O4. The van der Waals surface area contributed by atoms with Crippen LogP contribution < -0.4 is 5.32 Å². The van der Waals surface area contributed by atoms with Crippen LogP contribution in [0.25, 0.3) is 11.4 Å². The summed E-state index contributed by atoms with van der Waals surface area (Å²) in [6.45, 7) is 9.96. The molecule has 1 atom stereocenters. The molecule has 1 unspecified atom stereocenters. The lowest BCUT2D eigenvalue weighted by Crippen LogP contribution is -2.56. The van der Waals surface area contributed by atoms with Gasteiger partial charge in [-0.2, -0.15) is 0 Å². The summed E-state index contributed by atoms with van der Waals surface area (Å²) in [6.07, 6.45) is -0.367. The van der Waals surface area contributed by atoms with Crippen LogP contribution in [-0.4, -0.2) is 69.5 Å². The molecule has 1 aliphatic heterocycles. The number of aromatic nitrogens is 2. The molecule has 2 aromatic carbocycles. The van der Waals surface area contributed by atoms with Crippen molar-refractivity contribution in [3.8, 4) is 11.4 Å². The molecule has 0 spiro atoms. The molecule has 4 rings (SSSR count). The van der Waals surface area contributed by atoms with Gasteiger partial charge in [0, 0.05) is 36.9 Å². The van der Waals surface area contributed by atoms with Gasteiger partial charge in [-0.25, -0.2) is 19.6 Å². The van der Waals surface area contributed by atoms with Gasteiger partial charge in [-0.15, -0.1) is 0 Å². The number of hydrogen-bond acceptors (Lipinski definition) is 6. The Hall–Kier alpha value is -4.27. The van der Waals surface area contributed by atoms with E-state index in [1.165, 1.54) is 0 Å². The second-order valence-electron chi connectivity index (χ2n) is 9.77. The van der Waals surface area contributed by atoms with E-state index in [0.717, 1.165) is 16.8 Å². The summed E-state index contributed by atoms with van der Waals surface area (Å²) in [6, 6.07) is 16.4. The van der Waals surface area contributed by atoms with E-state index in [0.29, 0.717) is 31.2 Å². The number of esters is 1. The number of aryl methyl sites for hydroxylation is 2. The Morgan fingerprint density at radius 3 is 2.39 bits per heavy atom. The number of amides is 3. The van der Waals surface area contributed by atoms with Crippen LogP contribution in [0.1, 0.15) is 52.9 Å². The maximum Gasteiger partial charge on any atom is 0.342 e. The quantitative estimate of drug-likeness (QED) is 0.494. The van der Waals surface area contributed by atoms with Crippen LogP contribution in [0.2, 0.25) is 0 Å². The number of hydrogen-bond donors (Lipinski definition) is 1. The fourth-order valence-electron chi connectivity index (χ4n) is 4.47. The maximum absolute atomic E-state index is 13.8. The molecular weight excluding hydrogens is 482 g/mol. The van der Waals surface area contributed by atoms with Crippen LogP contribution in [0.5, 0.6) is 0 Å². The second kappa shape index (κ2) is 11.4. The summed E-state index contributed by atoms with van der Waals surface area (Å²) in [5.74, 6) is -0.671. The van der Waals surface area contributed by atoms with E-state index in [1.54, 1.807) is 30.6 Å². The monoisotopic (exact) mass is 515 g/mol. The molecule has 9 nitrogen and oxygen atoms in total. The minimum absolute atomic E-state index is 0.00636. The van der Waals surface area contributed by atoms with E-state index in [4.69, 9.17) is 4.74 Å². The lowest BCUT2D eigenvalue weighted by atomic mass is 10.1. The summed E-state index contributed by atoms with van der Waals surface area (Å²) < 4.78 is 5.42. The van der Waals surface area contributed by atoms with Gasteiger partial charge in [-0.1, -0.05) is 42.5 Å². The van der Waals surface area contributed by atoms with Crippen molar-refractivity contribution in [3.63, 3.8) is 0 Å². The lowest BCUT2D eigenvalue weighted by Gasteiger charge is -2.39. The Labute approximate surface area is 222 Å². The number of anilines is 1. The first-order valence-corrected chi connectivity index (χ1v) is 12.7. The zero-order chi connectivity index (χ0) is 27.4. The van der Waals surface area contributed by atoms with Gasteiger partial charge < -0.3 is 19.9 Å². The second-order valence-corrected chi connectivity index (χ2v) is 9.77. The number of carbonyl (C=O) groups excluding carboxylic acids is 3. The van der Waals surface area contributed by atoms with E-state index in [-0.39, 0.29) is 29.4 Å². The third-order valence-corrected chi connectivity index (χ3v) is 6.32. The predicted octanol–water partition coefficient (Wildman–Crippen LogP) is 4.70. The van der Waals surface area contributed by atoms with Gasteiger partial charge in [-0.3, -0.25) is 4.79 Å². The smallest absolute Gasteiger partial charge is 0.342 e. The van der Waals surface area contributed by atoms with Gasteiger partial charge in [0.25, 0.3) is 5.91 Å². The average Bonchev–Trinajstić information content (AvgIpc) is 2.87. The highest BCUT2D eigenvalue weighted by Gasteiger charge is 2.34. The van der Waals surface area contributed by atoms with Gasteiger partial charge in [0.2, 0.25) is 0 Å². The molecule has 9 heteroatoms. The number of nitrogens with zero attached hydrogens (tertiary/aromatic N) is 4. The standard InChI is InChI=1S/C29H33N5O4/c1-18(2)38-28(36)24-21(5)30-26(22-11-7-6-8-12-22)32-25(24)27(35)33-14-15-34(20(4)17-33)29(37)31-23-13-9-10-19(3)16-23/h6-13,16,18,20H,14-15,17H2,1-5H3,(H,31,37). The first-order valence-electron chi connectivity index (χ1n) is 12.7. The summed E-state index contributed by atoms with van der Waals surface area (Å²) in [5, 5.41) is 2.94. The number of urea groups is 1. The number of nitrogens with one attached hydrogen (secondary N) is 1. The van der Waals surface area contributed by atoms with Gasteiger partial charge in [0.05, 0.1) is 11.8 Å². The van der Waals surface area contributed by atoms with Gasteiger partial charge in [-0.05, 0) is 52.3 Å². The van der Waals surface area contributed by atoms with Crippen molar-refractivity contribution in [1.82, 2.24) is 19.8 Å². The maximum atomic E-state index is 13.8. The summed E-state index contributed by atoms with van der Waals surface area (Å²) in [7, 11) is 0. The Balaban J connectivity index is 1.58. The summed E-state index contributed by atoms with van der Waals surface area (Å²) in [5.41, 5.74) is 2.95. The molecule has 1 N–H and O–H groups in total. The zero-order valence-corrected chi connectivity index (χ0v) is 22.4. The molecule has 1 aromatic heterocycles. The SMILES string of the molecule is Cc1cccc(NC(=O)N2CCN(C(=O)c3nc(-c4ccccc4)nc(C)c3C(=O)OC(C)C)CC2C)c1. The molecule has 1 fully saturated rings. The molecule has 0 saturated carbocycles. The van der Waals surface area contributed by atoms with Crippen LogP contribution in [0, 0.1) is 13.8 Å².